The van der Waals surface area contributed by atoms with Gasteiger partial charge in [0.2, 0.25) is 5.91 Å². The van der Waals surface area contributed by atoms with E-state index < -0.39 is 23.2 Å². The molecule has 13 heteroatoms. The van der Waals surface area contributed by atoms with E-state index in [-0.39, 0.29) is 36.9 Å². The number of carbonyl (C=O) groups is 4. The zero-order valence-electron chi connectivity index (χ0n) is 23.3. The highest BCUT2D eigenvalue weighted by Gasteiger charge is 2.37. The topological polar surface area (TPSA) is 168 Å². The highest BCUT2D eigenvalue weighted by Crippen LogP contribution is 2.34. The molecule has 0 bridgehead atoms. The van der Waals surface area contributed by atoms with Crippen LogP contribution in [0, 0.1) is 11.2 Å². The van der Waals surface area contributed by atoms with Gasteiger partial charge in [0.1, 0.15) is 18.2 Å². The van der Waals surface area contributed by atoms with Gasteiger partial charge in [-0.1, -0.05) is 13.8 Å². The molecule has 0 aliphatic rings. The number of aliphatic carboxylic acids is 1. The van der Waals surface area contributed by atoms with Crippen LogP contribution in [-0.2, 0) is 20.8 Å². The van der Waals surface area contributed by atoms with Gasteiger partial charge in [0.05, 0.1) is 17.4 Å². The Morgan fingerprint density at radius 2 is 1.82 bits per heavy atom. The van der Waals surface area contributed by atoms with Gasteiger partial charge in [0.15, 0.2) is 17.9 Å². The number of methoxy groups -OCH3 is 1. The Morgan fingerprint density at radius 1 is 1.20 bits per heavy atom. The fraction of sp³-hybridized carbons (Fsp3) is 0.444. The Morgan fingerprint density at radius 3 is 2.25 bits per heavy atom. The summed E-state index contributed by atoms with van der Waals surface area (Å²) in [5.41, 5.74) is 5.32. The van der Waals surface area contributed by atoms with Crippen LogP contribution in [0.5, 0.6) is 5.75 Å². The predicted octanol–water partition coefficient (Wildman–Crippen LogP) is 3.66. The number of aliphatic hydroxyl groups excluding tert-OH is 1. The fourth-order valence-electron chi connectivity index (χ4n) is 3.55. The van der Waals surface area contributed by atoms with E-state index >= 15 is 0 Å². The molecule has 1 aromatic carbocycles. The lowest BCUT2D eigenvalue weighted by molar-refractivity contribution is -0.144. The van der Waals surface area contributed by atoms with E-state index in [1.54, 1.807) is 19.2 Å². The SMILES string of the molecule is CCC(CC)(Cc1ccc(C=O)s1)C(=O)NC(CCC=O)C(=O)O.CN=C(N)c1ccc(OC)c(F)c1.CO.Cl. The Balaban J connectivity index is 0. The molecule has 5 N–H and O–H groups in total. The molecule has 1 aromatic heterocycles. The number of carbonyl (C=O) groups excluding carboxylic acids is 3. The summed E-state index contributed by atoms with van der Waals surface area (Å²) in [6.07, 6.45) is 3.10. The first-order valence-electron chi connectivity index (χ1n) is 12.1. The first kappa shape index (κ1) is 38.8. The van der Waals surface area contributed by atoms with Crippen molar-refractivity contribution in [3.05, 3.63) is 51.5 Å². The number of nitrogens with two attached hydrogens (primary N) is 1. The Kier molecular flexibility index (Phi) is 19.9. The van der Waals surface area contributed by atoms with E-state index in [4.69, 9.17) is 15.6 Å². The number of nitrogens with one attached hydrogen (secondary N) is 1. The number of hydrogen-bond donors (Lipinski definition) is 4. The van der Waals surface area contributed by atoms with Gasteiger partial charge < -0.3 is 30.8 Å². The van der Waals surface area contributed by atoms with Crippen LogP contribution in [0.2, 0.25) is 0 Å². The number of aldehydes is 2. The third kappa shape index (κ3) is 11.8. The van der Waals surface area contributed by atoms with Crippen LogP contribution in [0.3, 0.4) is 0 Å². The molecule has 2 rings (SSSR count). The molecule has 40 heavy (non-hydrogen) atoms. The van der Waals surface area contributed by atoms with Crippen molar-refractivity contribution in [2.45, 2.75) is 52.0 Å². The number of hydrogen-bond acceptors (Lipinski definition) is 8. The third-order valence-electron chi connectivity index (χ3n) is 6.01. The van der Waals surface area contributed by atoms with Crippen molar-refractivity contribution in [3.8, 4) is 5.75 Å². The highest BCUT2D eigenvalue weighted by molar-refractivity contribution is 7.13. The van der Waals surface area contributed by atoms with Crippen LogP contribution < -0.4 is 15.8 Å². The minimum absolute atomic E-state index is 0. The number of amidine groups is 1. The van der Waals surface area contributed by atoms with Crippen LogP contribution in [0.4, 0.5) is 4.39 Å². The van der Waals surface area contributed by atoms with Crippen LogP contribution in [0.15, 0.2) is 35.3 Å². The lowest BCUT2D eigenvalue weighted by Crippen LogP contribution is -2.49. The first-order chi connectivity index (χ1) is 18.6. The Bertz CT molecular complexity index is 1110. The maximum atomic E-state index is 13.1. The van der Waals surface area contributed by atoms with Gasteiger partial charge in [-0.15, -0.1) is 23.7 Å². The quantitative estimate of drug-likeness (QED) is 0.153. The first-order valence-corrected chi connectivity index (χ1v) is 12.9. The van der Waals surface area contributed by atoms with E-state index in [2.05, 4.69) is 10.3 Å². The molecule has 1 amide bonds. The van der Waals surface area contributed by atoms with Crippen molar-refractivity contribution in [2.75, 3.05) is 21.3 Å². The second kappa shape index (κ2) is 20.5. The summed E-state index contributed by atoms with van der Waals surface area (Å²) in [7, 11) is 3.97. The van der Waals surface area contributed by atoms with Crippen LogP contribution >= 0.6 is 23.7 Å². The molecule has 2 aromatic rings. The number of aliphatic hydroxyl groups is 1. The standard InChI is InChI=1S/C17H23NO5S.C9H11FN2O.CH4O.ClH/c1-3-17(4-2,10-12-7-8-13(11-20)24-12)16(23)18-14(15(21)22)6-5-9-19;1-12-9(11)6-3-4-8(13-2)7(10)5-6;1-2;/h7-9,11,14H,3-6,10H2,1-2H3,(H,18,23)(H,21,22);3-5H,1-2H3,(H2,11,12);2H,1H3;1H. The van der Waals surface area contributed by atoms with E-state index in [1.165, 1.54) is 30.6 Å². The maximum Gasteiger partial charge on any atom is 0.326 e. The number of halogens is 2. The molecule has 0 saturated carbocycles. The Labute approximate surface area is 244 Å². The number of thiophene rings is 1. The molecule has 1 unspecified atom stereocenters. The summed E-state index contributed by atoms with van der Waals surface area (Å²) in [5, 5.41) is 18.8. The van der Waals surface area contributed by atoms with Crippen LogP contribution in [0.1, 0.15) is 59.6 Å². The zero-order valence-corrected chi connectivity index (χ0v) is 24.9. The number of benzene rings is 1. The van der Waals surface area contributed by atoms with Gasteiger partial charge in [0, 0.05) is 31.0 Å². The average molecular weight is 604 g/mol. The number of carboxylic acids is 1. The molecule has 0 spiro atoms. The van der Waals surface area contributed by atoms with E-state index in [9.17, 15) is 28.7 Å². The molecule has 10 nitrogen and oxygen atoms in total. The number of rotatable bonds is 13. The van der Waals surface area contributed by atoms with Gasteiger partial charge in [0.25, 0.3) is 0 Å². The van der Waals surface area contributed by atoms with Crippen molar-refractivity contribution in [3.63, 3.8) is 0 Å². The molecule has 0 fully saturated rings. The van der Waals surface area contributed by atoms with Gasteiger partial charge >= 0.3 is 5.97 Å². The smallest absolute Gasteiger partial charge is 0.326 e. The average Bonchev–Trinajstić information content (AvgIpc) is 3.42. The largest absolute Gasteiger partial charge is 0.494 e. The van der Waals surface area contributed by atoms with Crippen molar-refractivity contribution in [2.24, 2.45) is 16.1 Å². The zero-order chi connectivity index (χ0) is 30.0. The molecule has 0 saturated heterocycles. The Hall–Kier alpha value is -3.35. The van der Waals surface area contributed by atoms with Crippen molar-refractivity contribution in [1.29, 1.82) is 0 Å². The van der Waals surface area contributed by atoms with E-state index in [1.807, 2.05) is 19.9 Å². The second-order valence-corrected chi connectivity index (χ2v) is 9.35. The lowest BCUT2D eigenvalue weighted by Gasteiger charge is -2.31. The summed E-state index contributed by atoms with van der Waals surface area (Å²) in [6.45, 7) is 3.77. The number of nitrogens with zero attached hydrogens (tertiary/aromatic N) is 1. The number of aliphatic imine (C=N–C) groups is 1. The van der Waals surface area contributed by atoms with Gasteiger partial charge in [-0.25, -0.2) is 9.18 Å². The van der Waals surface area contributed by atoms with E-state index in [0.717, 1.165) is 18.3 Å². The van der Waals surface area contributed by atoms with E-state index in [0.29, 0.717) is 41.8 Å². The van der Waals surface area contributed by atoms with Crippen molar-refractivity contribution in [1.82, 2.24) is 5.32 Å². The van der Waals surface area contributed by atoms with Gasteiger partial charge in [-0.3, -0.25) is 14.6 Å². The maximum absolute atomic E-state index is 13.1. The van der Waals surface area contributed by atoms with Gasteiger partial charge in [-0.05, 0) is 56.0 Å². The molecule has 224 valence electrons. The fourth-order valence-corrected chi connectivity index (χ4v) is 4.52. The highest BCUT2D eigenvalue weighted by atomic mass is 35.5. The number of carboxylic acid groups (broad SMARTS) is 1. The predicted molar refractivity (Wildman–Crippen MR) is 156 cm³/mol. The summed E-state index contributed by atoms with van der Waals surface area (Å²) in [4.78, 5) is 50.6. The summed E-state index contributed by atoms with van der Waals surface area (Å²) in [5.74, 6) is -1.40. The second-order valence-electron chi connectivity index (χ2n) is 8.15. The molecule has 0 radical (unpaired) electrons. The number of ether oxygens (including phenoxy) is 1. The third-order valence-corrected chi connectivity index (χ3v) is 7.02. The molecule has 0 aliphatic heterocycles. The monoisotopic (exact) mass is 603 g/mol. The molecule has 1 atom stereocenters. The number of amides is 1. The molecular formula is C27H39ClFN3O7S. The molecular weight excluding hydrogens is 565 g/mol. The minimum atomic E-state index is -1.15. The molecule has 0 aliphatic carbocycles. The van der Waals surface area contributed by atoms with Gasteiger partial charge in [-0.2, -0.15) is 0 Å². The summed E-state index contributed by atoms with van der Waals surface area (Å²) < 4.78 is 17.9. The minimum Gasteiger partial charge on any atom is -0.494 e. The lowest BCUT2D eigenvalue weighted by atomic mass is 9.77. The summed E-state index contributed by atoms with van der Waals surface area (Å²) >= 11 is 1.34. The van der Waals surface area contributed by atoms with Crippen molar-refractivity contribution >= 4 is 54.0 Å². The van der Waals surface area contributed by atoms with Crippen LogP contribution in [0.25, 0.3) is 0 Å². The molecule has 1 heterocycles. The van der Waals surface area contributed by atoms with Crippen molar-refractivity contribution < 1.29 is 38.5 Å². The summed E-state index contributed by atoms with van der Waals surface area (Å²) in [6, 6.07) is 6.93. The van der Waals surface area contributed by atoms with Crippen LogP contribution in [-0.4, -0.2) is 67.8 Å². The normalized spacial score (nSPS) is 11.3.